The Bertz CT molecular complexity index is 2260. The third-order valence-electron chi connectivity index (χ3n) is 7.54. The lowest BCUT2D eigenvalue weighted by Crippen LogP contribution is -2.22. The molecule has 0 fully saturated rings. The SMILES string of the molecule is Cc1ccc(S(=O)(=O)Oc2ccc(S(=O)(=O)OS(c3ccccc3)(c3ccccc3)c3ccc(OC(C)(C)C)cc3)c3ccccc23)cc1. The molecule has 6 aromatic carbocycles. The zero-order valence-electron chi connectivity index (χ0n) is 27.4. The van der Waals surface area contributed by atoms with Gasteiger partial charge in [-0.1, -0.05) is 78.4 Å². The minimum absolute atomic E-state index is 0.00529. The first-order valence-corrected chi connectivity index (χ1v) is 19.9. The lowest BCUT2D eigenvalue weighted by molar-refractivity contribution is 0.131. The van der Waals surface area contributed by atoms with Gasteiger partial charge in [0, 0.05) is 25.5 Å². The van der Waals surface area contributed by atoms with Crippen LogP contribution >= 0.6 is 10.3 Å². The minimum Gasteiger partial charge on any atom is -0.488 e. The monoisotopic (exact) mass is 712 g/mol. The fraction of sp³-hybridized carbons (Fsp3) is 0.128. The predicted octanol–water partition coefficient (Wildman–Crippen LogP) is 9.70. The van der Waals surface area contributed by atoms with Gasteiger partial charge in [0.1, 0.15) is 21.1 Å². The minimum atomic E-state index is -4.54. The number of benzene rings is 6. The molecule has 0 aromatic heterocycles. The van der Waals surface area contributed by atoms with Crippen LogP contribution in [0.1, 0.15) is 26.3 Å². The van der Waals surface area contributed by atoms with Crippen LogP contribution in [0.3, 0.4) is 0 Å². The van der Waals surface area contributed by atoms with Crippen LogP contribution in [0.4, 0.5) is 0 Å². The first-order valence-electron chi connectivity index (χ1n) is 15.5. The number of hydrogen-bond donors (Lipinski definition) is 0. The van der Waals surface area contributed by atoms with E-state index in [1.54, 1.807) is 36.4 Å². The Morgan fingerprint density at radius 1 is 0.490 bits per heavy atom. The third kappa shape index (κ3) is 7.23. The highest BCUT2D eigenvalue weighted by molar-refractivity contribution is 8.33. The van der Waals surface area contributed by atoms with Crippen molar-refractivity contribution in [3.05, 3.63) is 151 Å². The molecule has 252 valence electrons. The van der Waals surface area contributed by atoms with E-state index in [2.05, 4.69) is 0 Å². The van der Waals surface area contributed by atoms with E-state index in [0.29, 0.717) is 25.8 Å². The van der Waals surface area contributed by atoms with E-state index in [-0.39, 0.29) is 20.9 Å². The lowest BCUT2D eigenvalue weighted by atomic mass is 10.1. The van der Waals surface area contributed by atoms with Gasteiger partial charge in [0.05, 0.1) is 0 Å². The standard InChI is InChI=1S/C39H36O7S3/c1-29-19-23-34(24-20-29)48(40,41)45-37-27-28-38(36-18-12-11-17-35(36)37)49(42,43)46-47(31-13-7-5-8-14-31,32-15-9-6-10-16-32)33-25-21-30(22-26-33)44-39(2,3)4/h5-28H,1-4H3. The summed E-state index contributed by atoms with van der Waals surface area (Å²) in [6.45, 7) is 7.73. The Morgan fingerprint density at radius 3 is 1.53 bits per heavy atom. The number of hydrogen-bond acceptors (Lipinski definition) is 7. The molecule has 0 bridgehead atoms. The molecule has 0 atom stereocenters. The van der Waals surface area contributed by atoms with Crippen molar-refractivity contribution < 1.29 is 29.4 Å². The van der Waals surface area contributed by atoms with Crippen LogP contribution in [0, 0.1) is 6.92 Å². The molecule has 0 saturated carbocycles. The molecule has 6 rings (SSSR count). The van der Waals surface area contributed by atoms with Crippen molar-refractivity contribution in [3.63, 3.8) is 0 Å². The highest BCUT2D eigenvalue weighted by atomic mass is 32.3. The second-order valence-corrected chi connectivity index (χ2v) is 18.3. The smallest absolute Gasteiger partial charge is 0.339 e. The van der Waals surface area contributed by atoms with Crippen LogP contribution in [0.25, 0.3) is 10.8 Å². The highest BCUT2D eigenvalue weighted by Gasteiger charge is 2.39. The average molecular weight is 713 g/mol. The molecule has 0 amide bonds. The van der Waals surface area contributed by atoms with E-state index in [0.717, 1.165) is 5.56 Å². The third-order valence-corrected chi connectivity index (χ3v) is 14.0. The van der Waals surface area contributed by atoms with Gasteiger partial charge in [-0.2, -0.15) is 16.8 Å². The van der Waals surface area contributed by atoms with Gasteiger partial charge in [-0.25, -0.2) is 3.63 Å². The number of rotatable bonds is 10. The van der Waals surface area contributed by atoms with E-state index >= 15 is 0 Å². The Hall–Kier alpha value is -4.61. The van der Waals surface area contributed by atoms with Gasteiger partial charge in [0.25, 0.3) is 0 Å². The summed E-state index contributed by atoms with van der Waals surface area (Å²) in [6, 6.07) is 41.5. The molecule has 0 heterocycles. The van der Waals surface area contributed by atoms with Crippen molar-refractivity contribution >= 4 is 41.3 Å². The second kappa shape index (κ2) is 13.4. The van der Waals surface area contributed by atoms with Crippen molar-refractivity contribution in [2.45, 2.75) is 57.8 Å². The number of fused-ring (bicyclic) bond motifs is 1. The van der Waals surface area contributed by atoms with Gasteiger partial charge >= 0.3 is 20.2 Å². The molecule has 0 saturated heterocycles. The molecule has 0 N–H and O–H groups in total. The summed E-state index contributed by atoms with van der Waals surface area (Å²) in [5, 5.41) is 0.550. The van der Waals surface area contributed by atoms with Gasteiger partial charge in [-0.3, -0.25) is 0 Å². The molecular formula is C39H36O7S3. The largest absolute Gasteiger partial charge is 0.488 e. The molecular weight excluding hydrogens is 677 g/mol. The molecule has 0 unspecified atom stereocenters. The van der Waals surface area contributed by atoms with Crippen LogP contribution in [0.2, 0.25) is 0 Å². The summed E-state index contributed by atoms with van der Waals surface area (Å²) >= 11 is 0. The Labute approximate surface area is 289 Å². The van der Waals surface area contributed by atoms with Crippen molar-refractivity contribution in [1.29, 1.82) is 0 Å². The van der Waals surface area contributed by atoms with Gasteiger partial charge in [-0.05, 0) is 111 Å². The van der Waals surface area contributed by atoms with E-state index < -0.39 is 36.1 Å². The van der Waals surface area contributed by atoms with E-state index in [1.165, 1.54) is 24.3 Å². The predicted molar refractivity (Wildman–Crippen MR) is 193 cm³/mol. The van der Waals surface area contributed by atoms with E-state index in [1.807, 2.05) is 113 Å². The molecule has 49 heavy (non-hydrogen) atoms. The van der Waals surface area contributed by atoms with Gasteiger partial charge in [0.15, 0.2) is 5.75 Å². The quantitative estimate of drug-likeness (QED) is 0.131. The molecule has 0 aliphatic rings. The Kier molecular flexibility index (Phi) is 9.34. The molecule has 6 aromatic rings. The first-order chi connectivity index (χ1) is 23.3. The van der Waals surface area contributed by atoms with Crippen LogP contribution in [0.15, 0.2) is 170 Å². The summed E-state index contributed by atoms with van der Waals surface area (Å²) in [6.07, 6.45) is 0. The van der Waals surface area contributed by atoms with Crippen LogP contribution < -0.4 is 8.92 Å². The normalized spacial score (nSPS) is 12.8. The first kappa shape index (κ1) is 34.3. The van der Waals surface area contributed by atoms with Gasteiger partial charge in [0.2, 0.25) is 0 Å². The Balaban J connectivity index is 1.50. The molecule has 0 aliphatic heterocycles. The topological polar surface area (TPSA) is 96.0 Å². The van der Waals surface area contributed by atoms with Crippen molar-refractivity contribution in [3.8, 4) is 11.5 Å². The molecule has 0 radical (unpaired) electrons. The summed E-state index contributed by atoms with van der Waals surface area (Å²) in [7, 11) is -11.7. The zero-order valence-corrected chi connectivity index (χ0v) is 29.9. The summed E-state index contributed by atoms with van der Waals surface area (Å²) < 4.78 is 74.1. The lowest BCUT2D eigenvalue weighted by Gasteiger charge is -2.39. The highest BCUT2D eigenvalue weighted by Crippen LogP contribution is 2.70. The number of aryl methyl sites for hydroxylation is 1. The number of ether oxygens (including phenoxy) is 1. The van der Waals surface area contributed by atoms with E-state index in [9.17, 15) is 16.8 Å². The fourth-order valence-corrected chi connectivity index (χ4v) is 11.7. The summed E-state index contributed by atoms with van der Waals surface area (Å²) in [4.78, 5) is 1.84. The molecule has 10 heteroatoms. The van der Waals surface area contributed by atoms with Gasteiger partial charge < -0.3 is 8.92 Å². The van der Waals surface area contributed by atoms with Crippen LogP contribution in [-0.4, -0.2) is 22.4 Å². The fourth-order valence-electron chi connectivity index (χ4n) is 5.38. The maximum Gasteiger partial charge on any atom is 0.339 e. The van der Waals surface area contributed by atoms with E-state index in [4.69, 9.17) is 12.5 Å². The van der Waals surface area contributed by atoms with Crippen LogP contribution in [0.5, 0.6) is 11.5 Å². The maximum atomic E-state index is 14.7. The summed E-state index contributed by atoms with van der Waals surface area (Å²) in [5.74, 6) is 0.630. The Morgan fingerprint density at radius 2 is 0.980 bits per heavy atom. The average Bonchev–Trinajstić information content (AvgIpc) is 3.08. The molecule has 7 nitrogen and oxygen atoms in total. The zero-order chi connectivity index (χ0) is 34.9. The molecule has 0 aliphatic carbocycles. The second-order valence-electron chi connectivity index (χ2n) is 12.3. The van der Waals surface area contributed by atoms with Crippen molar-refractivity contribution in [2.75, 3.05) is 0 Å². The molecule has 0 spiro atoms. The van der Waals surface area contributed by atoms with Crippen LogP contribution in [-0.2, 0) is 23.9 Å². The van der Waals surface area contributed by atoms with Crippen molar-refractivity contribution in [2.24, 2.45) is 0 Å². The van der Waals surface area contributed by atoms with Crippen molar-refractivity contribution in [1.82, 2.24) is 0 Å². The maximum absolute atomic E-state index is 14.7. The van der Waals surface area contributed by atoms with Gasteiger partial charge in [-0.15, -0.1) is 0 Å². The summed E-state index contributed by atoms with van der Waals surface area (Å²) in [5.41, 5.74) is 0.470.